The van der Waals surface area contributed by atoms with E-state index in [9.17, 15) is 9.59 Å². The molecule has 0 spiro atoms. The van der Waals surface area contributed by atoms with Crippen molar-refractivity contribution >= 4 is 18.2 Å². The Morgan fingerprint density at radius 2 is 2.12 bits per heavy atom. The molecule has 2 unspecified atom stereocenters. The summed E-state index contributed by atoms with van der Waals surface area (Å²) in [5.74, 6) is -1.03. The van der Waals surface area contributed by atoms with Crippen LogP contribution in [0, 0.1) is 13.8 Å². The van der Waals surface area contributed by atoms with Gasteiger partial charge in [0, 0.05) is 18.9 Å². The molecule has 2 heterocycles. The number of carbonyl (C=O) groups excluding carboxylic acids is 2. The fraction of sp³-hybridized carbons (Fsp3) is 0.263. The molecule has 0 radical (unpaired) electrons. The van der Waals surface area contributed by atoms with E-state index in [0.29, 0.717) is 12.1 Å². The maximum atomic E-state index is 12.8. The first-order valence-electron chi connectivity index (χ1n) is 8.28. The summed E-state index contributed by atoms with van der Waals surface area (Å²) in [4.78, 5) is 33.5. The highest BCUT2D eigenvalue weighted by molar-refractivity contribution is 6.00. The molecule has 7 heteroatoms. The first-order chi connectivity index (χ1) is 12.4. The first-order valence-corrected chi connectivity index (χ1v) is 8.28. The summed E-state index contributed by atoms with van der Waals surface area (Å²) in [5, 5.41) is 5.75. The van der Waals surface area contributed by atoms with Gasteiger partial charge >= 0.3 is 0 Å². The molecule has 0 saturated carbocycles. The molecular weight excluding hydrogens is 330 g/mol. The zero-order valence-electron chi connectivity index (χ0n) is 14.7. The molecule has 1 aromatic heterocycles. The Balaban J connectivity index is 1.90. The summed E-state index contributed by atoms with van der Waals surface area (Å²) in [7, 11) is 0. The van der Waals surface area contributed by atoms with Crippen molar-refractivity contribution in [1.29, 1.82) is 0 Å². The lowest BCUT2D eigenvalue weighted by Gasteiger charge is -2.32. The lowest BCUT2D eigenvalue weighted by Crippen LogP contribution is -2.60. The number of aliphatic imine (C=N–C) groups is 1. The second kappa shape index (κ2) is 6.95. The lowest BCUT2D eigenvalue weighted by atomic mass is 9.80. The average molecular weight is 351 g/mol. The summed E-state index contributed by atoms with van der Waals surface area (Å²) in [6.45, 7) is 4.14. The molecular formula is C19H21N5O2. The van der Waals surface area contributed by atoms with Crippen LogP contribution in [0.1, 0.15) is 22.3 Å². The van der Waals surface area contributed by atoms with Crippen LogP contribution < -0.4 is 16.4 Å². The number of amides is 2. The Labute approximate surface area is 151 Å². The van der Waals surface area contributed by atoms with E-state index in [1.165, 1.54) is 6.34 Å². The summed E-state index contributed by atoms with van der Waals surface area (Å²) >= 11 is 0. The van der Waals surface area contributed by atoms with Gasteiger partial charge in [0.05, 0.1) is 6.34 Å². The van der Waals surface area contributed by atoms with Crippen LogP contribution in [0.25, 0.3) is 0 Å². The van der Waals surface area contributed by atoms with Crippen LogP contribution in [0.4, 0.5) is 0 Å². The van der Waals surface area contributed by atoms with Crippen molar-refractivity contribution in [2.24, 2.45) is 10.7 Å². The van der Waals surface area contributed by atoms with Crippen LogP contribution in [0.3, 0.4) is 0 Å². The second-order valence-corrected chi connectivity index (χ2v) is 6.39. The molecule has 0 aliphatic carbocycles. The quantitative estimate of drug-likeness (QED) is 0.736. The van der Waals surface area contributed by atoms with Crippen molar-refractivity contribution in [2.75, 3.05) is 0 Å². The number of primary amides is 1. The Morgan fingerprint density at radius 1 is 1.31 bits per heavy atom. The van der Waals surface area contributed by atoms with Gasteiger partial charge in [0.25, 0.3) is 5.91 Å². The number of benzene rings is 1. The van der Waals surface area contributed by atoms with Crippen LogP contribution in [0.15, 0.2) is 47.7 Å². The van der Waals surface area contributed by atoms with Gasteiger partial charge in [0.15, 0.2) is 11.6 Å². The van der Waals surface area contributed by atoms with Gasteiger partial charge in [-0.3, -0.25) is 19.6 Å². The molecule has 0 fully saturated rings. The SMILES string of the molecule is Cc1ccc(C2(C(N)=O)NC=NC2C(=O)NCc2cccnc2)c(C)c1. The normalized spacial score (nSPS) is 21.2. The zero-order chi connectivity index (χ0) is 18.7. The standard InChI is InChI=1S/C19H21N5O2/c1-12-5-6-15(13(2)8-12)19(18(20)26)16(23-11-24-19)17(25)22-10-14-4-3-7-21-9-14/h3-9,11,16H,10H2,1-2H3,(H2,20,26)(H,22,25)(H,23,24). The smallest absolute Gasteiger partial charge is 0.250 e. The molecule has 7 nitrogen and oxygen atoms in total. The maximum Gasteiger partial charge on any atom is 0.250 e. The number of hydrogen-bond donors (Lipinski definition) is 3. The number of hydrogen-bond acceptors (Lipinski definition) is 5. The van der Waals surface area contributed by atoms with Gasteiger partial charge in [-0.25, -0.2) is 0 Å². The van der Waals surface area contributed by atoms with Gasteiger partial charge in [-0.2, -0.15) is 0 Å². The van der Waals surface area contributed by atoms with Crippen molar-refractivity contribution in [2.45, 2.75) is 32.0 Å². The summed E-state index contributed by atoms with van der Waals surface area (Å²) < 4.78 is 0. The molecule has 0 bridgehead atoms. The minimum absolute atomic E-state index is 0.292. The average Bonchev–Trinajstić information content (AvgIpc) is 3.06. The maximum absolute atomic E-state index is 12.8. The first kappa shape index (κ1) is 17.6. The van der Waals surface area contributed by atoms with Crippen LogP contribution in [0.2, 0.25) is 0 Å². The molecule has 26 heavy (non-hydrogen) atoms. The fourth-order valence-electron chi connectivity index (χ4n) is 3.28. The topological polar surface area (TPSA) is 109 Å². The Morgan fingerprint density at radius 3 is 2.77 bits per heavy atom. The zero-order valence-corrected chi connectivity index (χ0v) is 14.7. The molecule has 1 aliphatic rings. The number of carbonyl (C=O) groups is 2. The van der Waals surface area contributed by atoms with Gasteiger partial charge < -0.3 is 16.4 Å². The van der Waals surface area contributed by atoms with Gasteiger partial charge in [0.2, 0.25) is 5.91 Å². The van der Waals surface area contributed by atoms with Crippen molar-refractivity contribution < 1.29 is 9.59 Å². The van der Waals surface area contributed by atoms with Crippen molar-refractivity contribution in [3.05, 3.63) is 65.0 Å². The molecule has 0 saturated heterocycles. The van der Waals surface area contributed by atoms with E-state index in [4.69, 9.17) is 5.73 Å². The molecule has 2 aromatic rings. The number of rotatable bonds is 5. The Hall–Kier alpha value is -3.22. The van der Waals surface area contributed by atoms with Crippen LogP contribution >= 0.6 is 0 Å². The van der Waals surface area contributed by atoms with Gasteiger partial charge in [-0.05, 0) is 36.6 Å². The van der Waals surface area contributed by atoms with Crippen molar-refractivity contribution in [3.8, 4) is 0 Å². The highest BCUT2D eigenvalue weighted by Crippen LogP contribution is 2.33. The van der Waals surface area contributed by atoms with Crippen LogP contribution in [-0.4, -0.2) is 29.2 Å². The Kier molecular flexibility index (Phi) is 4.71. The predicted octanol–water partition coefficient (Wildman–Crippen LogP) is 0.696. The number of pyridine rings is 1. The van der Waals surface area contributed by atoms with Gasteiger partial charge in [-0.1, -0.05) is 29.8 Å². The van der Waals surface area contributed by atoms with Crippen molar-refractivity contribution in [3.63, 3.8) is 0 Å². The van der Waals surface area contributed by atoms with Crippen LogP contribution in [0.5, 0.6) is 0 Å². The third-order valence-corrected chi connectivity index (χ3v) is 4.56. The number of nitrogens with two attached hydrogens (primary N) is 1. The van der Waals surface area contributed by atoms with E-state index in [0.717, 1.165) is 16.7 Å². The fourth-order valence-corrected chi connectivity index (χ4v) is 3.28. The molecule has 134 valence electrons. The number of nitrogens with one attached hydrogen (secondary N) is 2. The van der Waals surface area contributed by atoms with E-state index in [1.54, 1.807) is 18.5 Å². The monoisotopic (exact) mass is 351 g/mol. The largest absolute Gasteiger partial charge is 0.367 e. The Bertz CT molecular complexity index is 865. The van der Waals surface area contributed by atoms with Gasteiger partial charge in [0.1, 0.15) is 0 Å². The highest BCUT2D eigenvalue weighted by Gasteiger charge is 2.52. The van der Waals surface area contributed by atoms with E-state index in [2.05, 4.69) is 20.6 Å². The molecule has 1 aromatic carbocycles. The molecule has 4 N–H and O–H groups in total. The van der Waals surface area contributed by atoms with E-state index in [1.807, 2.05) is 38.1 Å². The third kappa shape index (κ3) is 3.03. The van der Waals surface area contributed by atoms with Gasteiger partial charge in [-0.15, -0.1) is 0 Å². The predicted molar refractivity (Wildman–Crippen MR) is 98.3 cm³/mol. The summed E-state index contributed by atoms with van der Waals surface area (Å²) in [5.41, 5.74) is 7.76. The summed E-state index contributed by atoms with van der Waals surface area (Å²) in [6, 6.07) is 8.31. The number of aromatic nitrogens is 1. The van der Waals surface area contributed by atoms with E-state index >= 15 is 0 Å². The van der Waals surface area contributed by atoms with E-state index in [-0.39, 0.29) is 5.91 Å². The van der Waals surface area contributed by atoms with Crippen molar-refractivity contribution in [1.82, 2.24) is 15.6 Å². The highest BCUT2D eigenvalue weighted by atomic mass is 16.2. The summed E-state index contributed by atoms with van der Waals surface area (Å²) in [6.07, 6.45) is 4.70. The molecule has 3 rings (SSSR count). The second-order valence-electron chi connectivity index (χ2n) is 6.39. The van der Waals surface area contributed by atoms with E-state index < -0.39 is 17.5 Å². The molecule has 1 aliphatic heterocycles. The number of nitrogens with zero attached hydrogens (tertiary/aromatic N) is 2. The third-order valence-electron chi connectivity index (χ3n) is 4.56. The minimum Gasteiger partial charge on any atom is -0.367 e. The molecule has 2 atom stereocenters. The van der Waals surface area contributed by atoms with Crippen LogP contribution in [-0.2, 0) is 21.7 Å². The lowest BCUT2D eigenvalue weighted by molar-refractivity contribution is -0.131. The minimum atomic E-state index is -1.41. The number of aryl methyl sites for hydroxylation is 2. The molecule has 2 amide bonds.